The second-order valence-electron chi connectivity index (χ2n) is 4.64. The van der Waals surface area contributed by atoms with Gasteiger partial charge in [-0.05, 0) is 55.4 Å². The summed E-state index contributed by atoms with van der Waals surface area (Å²) < 4.78 is 18.9. The van der Waals surface area contributed by atoms with Crippen LogP contribution in [0.1, 0.15) is 16.7 Å². The molecule has 1 N–H and O–H groups in total. The Bertz CT molecular complexity index is 601. The predicted octanol–water partition coefficient (Wildman–Crippen LogP) is 4.09. The lowest BCUT2D eigenvalue weighted by Gasteiger charge is -2.13. The third kappa shape index (κ3) is 3.71. The first-order valence-corrected chi connectivity index (χ1v) is 6.79. The summed E-state index contributed by atoms with van der Waals surface area (Å²) in [6.07, 6.45) is 0. The fraction of sp³-hybridized carbons (Fsp3) is 0.250. The van der Waals surface area contributed by atoms with Crippen molar-refractivity contribution >= 4 is 11.6 Å². The van der Waals surface area contributed by atoms with Crippen LogP contribution in [0.4, 0.5) is 4.39 Å². The van der Waals surface area contributed by atoms with Gasteiger partial charge in [-0.15, -0.1) is 0 Å². The van der Waals surface area contributed by atoms with Gasteiger partial charge in [0.2, 0.25) is 0 Å². The molecule has 0 radical (unpaired) electrons. The van der Waals surface area contributed by atoms with Crippen molar-refractivity contribution in [3.63, 3.8) is 0 Å². The molecule has 0 aliphatic heterocycles. The van der Waals surface area contributed by atoms with Gasteiger partial charge in [0.05, 0.1) is 0 Å². The molecular formula is C16H17ClFNO. The van der Waals surface area contributed by atoms with Gasteiger partial charge in [-0.25, -0.2) is 4.39 Å². The number of nitrogens with one attached hydrogen (secondary N) is 1. The van der Waals surface area contributed by atoms with Crippen molar-refractivity contribution in [2.24, 2.45) is 0 Å². The van der Waals surface area contributed by atoms with Crippen molar-refractivity contribution in [2.75, 3.05) is 7.05 Å². The number of benzene rings is 2. The molecule has 0 unspecified atom stereocenters. The molecule has 0 heterocycles. The topological polar surface area (TPSA) is 21.3 Å². The Morgan fingerprint density at radius 2 is 1.95 bits per heavy atom. The van der Waals surface area contributed by atoms with E-state index in [0.717, 1.165) is 22.4 Å². The second-order valence-corrected chi connectivity index (χ2v) is 5.08. The van der Waals surface area contributed by atoms with Gasteiger partial charge in [-0.3, -0.25) is 0 Å². The molecule has 0 fully saturated rings. The highest BCUT2D eigenvalue weighted by atomic mass is 35.5. The monoisotopic (exact) mass is 293 g/mol. The van der Waals surface area contributed by atoms with Gasteiger partial charge in [-0.1, -0.05) is 17.7 Å². The van der Waals surface area contributed by atoms with Crippen LogP contribution in [0.3, 0.4) is 0 Å². The molecule has 2 rings (SSSR count). The Morgan fingerprint density at radius 3 is 2.65 bits per heavy atom. The first kappa shape index (κ1) is 14.8. The third-order valence-electron chi connectivity index (χ3n) is 3.08. The van der Waals surface area contributed by atoms with E-state index in [1.165, 1.54) is 12.1 Å². The van der Waals surface area contributed by atoms with Crippen LogP contribution in [-0.2, 0) is 13.2 Å². The first-order valence-electron chi connectivity index (χ1n) is 6.41. The van der Waals surface area contributed by atoms with Crippen molar-refractivity contribution in [1.29, 1.82) is 0 Å². The van der Waals surface area contributed by atoms with Gasteiger partial charge in [0.1, 0.15) is 18.2 Å². The molecular weight excluding hydrogens is 277 g/mol. The summed E-state index contributed by atoms with van der Waals surface area (Å²) in [6, 6.07) is 10.2. The summed E-state index contributed by atoms with van der Waals surface area (Å²) in [7, 11) is 1.87. The van der Waals surface area contributed by atoms with Crippen LogP contribution in [0.5, 0.6) is 5.75 Å². The first-order chi connectivity index (χ1) is 9.60. The molecule has 2 aromatic carbocycles. The van der Waals surface area contributed by atoms with Crippen LogP contribution in [0.15, 0.2) is 36.4 Å². The Balaban J connectivity index is 2.14. The van der Waals surface area contributed by atoms with Crippen molar-refractivity contribution in [2.45, 2.75) is 20.1 Å². The molecule has 0 saturated carbocycles. The van der Waals surface area contributed by atoms with Crippen molar-refractivity contribution < 1.29 is 9.13 Å². The van der Waals surface area contributed by atoms with E-state index >= 15 is 0 Å². The lowest BCUT2D eigenvalue weighted by atomic mass is 10.1. The molecule has 0 atom stereocenters. The van der Waals surface area contributed by atoms with E-state index < -0.39 is 0 Å². The minimum absolute atomic E-state index is 0.228. The van der Waals surface area contributed by atoms with Crippen LogP contribution < -0.4 is 10.1 Å². The van der Waals surface area contributed by atoms with Crippen LogP contribution in [-0.4, -0.2) is 7.05 Å². The zero-order valence-electron chi connectivity index (χ0n) is 11.5. The van der Waals surface area contributed by atoms with Crippen molar-refractivity contribution in [3.8, 4) is 5.75 Å². The number of aryl methyl sites for hydroxylation is 1. The van der Waals surface area contributed by atoms with E-state index in [0.29, 0.717) is 18.2 Å². The molecule has 0 bridgehead atoms. The zero-order valence-corrected chi connectivity index (χ0v) is 12.3. The van der Waals surface area contributed by atoms with Gasteiger partial charge in [-0.2, -0.15) is 0 Å². The summed E-state index contributed by atoms with van der Waals surface area (Å²) in [4.78, 5) is 0. The maximum absolute atomic E-state index is 13.1. The molecule has 4 heteroatoms. The summed E-state index contributed by atoms with van der Waals surface area (Å²) in [5.41, 5.74) is 2.85. The highest BCUT2D eigenvalue weighted by molar-refractivity contribution is 6.30. The number of hydrogen-bond acceptors (Lipinski definition) is 2. The van der Waals surface area contributed by atoms with Gasteiger partial charge in [0, 0.05) is 17.1 Å². The number of rotatable bonds is 5. The quantitative estimate of drug-likeness (QED) is 0.896. The number of hydrogen-bond donors (Lipinski definition) is 1. The van der Waals surface area contributed by atoms with E-state index in [9.17, 15) is 4.39 Å². The molecule has 106 valence electrons. The van der Waals surface area contributed by atoms with Crippen molar-refractivity contribution in [3.05, 3.63) is 63.9 Å². The van der Waals surface area contributed by atoms with E-state index in [4.69, 9.17) is 16.3 Å². The Kier molecular flexibility index (Phi) is 4.99. The minimum Gasteiger partial charge on any atom is -0.489 e. The van der Waals surface area contributed by atoms with Gasteiger partial charge in [0.15, 0.2) is 0 Å². The molecule has 0 aliphatic rings. The minimum atomic E-state index is -0.228. The predicted molar refractivity (Wildman–Crippen MR) is 79.7 cm³/mol. The highest BCUT2D eigenvalue weighted by Gasteiger charge is 2.06. The summed E-state index contributed by atoms with van der Waals surface area (Å²) >= 11 is 5.99. The summed E-state index contributed by atoms with van der Waals surface area (Å²) in [5, 5.41) is 3.76. The standard InChI is InChI=1S/C16H17ClFNO/c1-11-7-15(18)5-3-12(11)10-20-16-6-4-14(17)8-13(16)9-19-2/h3-8,19H,9-10H2,1-2H3. The van der Waals surface area contributed by atoms with Crippen LogP contribution in [0.2, 0.25) is 5.02 Å². The summed E-state index contributed by atoms with van der Waals surface area (Å²) in [5.74, 6) is 0.557. The highest BCUT2D eigenvalue weighted by Crippen LogP contribution is 2.24. The number of halogens is 2. The molecule has 2 nitrogen and oxygen atoms in total. The molecule has 0 aromatic heterocycles. The lowest BCUT2D eigenvalue weighted by Crippen LogP contribution is -2.08. The molecule has 0 aliphatic carbocycles. The fourth-order valence-corrected chi connectivity index (χ4v) is 2.19. The van der Waals surface area contributed by atoms with Crippen LogP contribution in [0, 0.1) is 12.7 Å². The Labute approximate surface area is 123 Å². The molecule has 0 spiro atoms. The lowest BCUT2D eigenvalue weighted by molar-refractivity contribution is 0.301. The second kappa shape index (κ2) is 6.73. The largest absolute Gasteiger partial charge is 0.489 e. The van der Waals surface area contributed by atoms with Crippen molar-refractivity contribution in [1.82, 2.24) is 5.32 Å². The molecule has 2 aromatic rings. The average molecular weight is 294 g/mol. The molecule has 20 heavy (non-hydrogen) atoms. The zero-order chi connectivity index (χ0) is 14.5. The van der Waals surface area contributed by atoms with Gasteiger partial charge in [0.25, 0.3) is 0 Å². The average Bonchev–Trinajstić information content (AvgIpc) is 2.40. The van der Waals surface area contributed by atoms with E-state index in [-0.39, 0.29) is 5.82 Å². The fourth-order valence-electron chi connectivity index (χ4n) is 1.99. The van der Waals surface area contributed by atoms with Crippen LogP contribution >= 0.6 is 11.6 Å². The maximum atomic E-state index is 13.1. The SMILES string of the molecule is CNCc1cc(Cl)ccc1OCc1ccc(F)cc1C. The van der Waals surface area contributed by atoms with Gasteiger partial charge >= 0.3 is 0 Å². The third-order valence-corrected chi connectivity index (χ3v) is 3.31. The Hall–Kier alpha value is -1.58. The Morgan fingerprint density at radius 1 is 1.15 bits per heavy atom. The number of ether oxygens (including phenoxy) is 1. The molecule has 0 amide bonds. The van der Waals surface area contributed by atoms with Gasteiger partial charge < -0.3 is 10.1 Å². The van der Waals surface area contributed by atoms with E-state index in [1.54, 1.807) is 12.1 Å². The smallest absolute Gasteiger partial charge is 0.124 e. The van der Waals surface area contributed by atoms with E-state index in [1.807, 2.05) is 26.1 Å². The normalized spacial score (nSPS) is 10.6. The maximum Gasteiger partial charge on any atom is 0.124 e. The summed E-state index contributed by atoms with van der Waals surface area (Å²) in [6.45, 7) is 2.96. The van der Waals surface area contributed by atoms with E-state index in [2.05, 4.69) is 5.32 Å². The molecule has 0 saturated heterocycles. The van der Waals surface area contributed by atoms with Crippen LogP contribution in [0.25, 0.3) is 0 Å².